The number of halogens is 6. The third kappa shape index (κ3) is 5.74. The molecule has 0 aliphatic carbocycles. The molecule has 162 valence electrons. The van der Waals surface area contributed by atoms with E-state index in [0.29, 0.717) is 17.7 Å². The molecule has 0 heterocycles. The average molecular weight is 433 g/mol. The second-order valence-electron chi connectivity index (χ2n) is 6.47. The lowest BCUT2D eigenvalue weighted by Gasteiger charge is -2.19. The number of hydrogen-bond acceptors (Lipinski definition) is 3. The molecule has 1 atom stereocenters. The predicted octanol–water partition coefficient (Wildman–Crippen LogP) is 4.55. The van der Waals surface area contributed by atoms with Crippen LogP contribution in [0.25, 0.3) is 0 Å². The van der Waals surface area contributed by atoms with E-state index in [1.165, 1.54) is 0 Å². The highest BCUT2D eigenvalue weighted by Crippen LogP contribution is 2.36. The zero-order chi connectivity index (χ0) is 22.7. The van der Waals surface area contributed by atoms with Gasteiger partial charge in [0.05, 0.1) is 18.2 Å². The number of carbonyl (C=O) groups is 2. The van der Waals surface area contributed by atoms with Crippen molar-refractivity contribution in [3.05, 3.63) is 70.3 Å². The van der Waals surface area contributed by atoms with Gasteiger partial charge in [-0.05, 0) is 36.2 Å². The zero-order valence-electron chi connectivity index (χ0n) is 15.8. The first-order valence-electron chi connectivity index (χ1n) is 8.55. The van der Waals surface area contributed by atoms with Gasteiger partial charge in [0.15, 0.2) is 0 Å². The Morgan fingerprint density at radius 2 is 1.50 bits per heavy atom. The van der Waals surface area contributed by atoms with E-state index in [1.807, 2.05) is 0 Å². The Morgan fingerprint density at radius 3 is 1.97 bits per heavy atom. The summed E-state index contributed by atoms with van der Waals surface area (Å²) in [6.07, 6.45) is -10.3. The summed E-state index contributed by atoms with van der Waals surface area (Å²) in [5.41, 5.74) is -2.71. The lowest BCUT2D eigenvalue weighted by atomic mass is 10.00. The molecule has 1 N–H and O–H groups in total. The van der Waals surface area contributed by atoms with Crippen molar-refractivity contribution in [3.8, 4) is 0 Å². The first kappa shape index (κ1) is 23.2. The summed E-state index contributed by atoms with van der Waals surface area (Å²) in [6.45, 7) is 1.74. The molecular formula is C20H17F6NO3. The first-order chi connectivity index (χ1) is 13.8. The Kier molecular flexibility index (Phi) is 6.79. The number of methoxy groups -OCH3 is 1. The van der Waals surface area contributed by atoms with Gasteiger partial charge in [0, 0.05) is 12.0 Å². The van der Waals surface area contributed by atoms with E-state index in [4.69, 9.17) is 0 Å². The molecule has 2 rings (SSSR count). The summed E-state index contributed by atoms with van der Waals surface area (Å²) >= 11 is 0. The van der Waals surface area contributed by atoms with Gasteiger partial charge in [0.25, 0.3) is 5.91 Å². The average Bonchev–Trinajstić information content (AvgIpc) is 2.66. The summed E-state index contributed by atoms with van der Waals surface area (Å²) in [5, 5.41) is 2.17. The Morgan fingerprint density at radius 1 is 0.967 bits per heavy atom. The normalized spacial score (nSPS) is 12.9. The number of alkyl halides is 6. The number of hydrogen-bond donors (Lipinski definition) is 1. The maximum absolute atomic E-state index is 13.0. The number of nitrogens with one attached hydrogen (secondary N) is 1. The maximum atomic E-state index is 13.0. The lowest BCUT2D eigenvalue weighted by molar-refractivity contribution is -0.144. The smallest absolute Gasteiger partial charge is 0.416 e. The van der Waals surface area contributed by atoms with Crippen LogP contribution in [0.1, 0.15) is 32.6 Å². The summed E-state index contributed by atoms with van der Waals surface area (Å²) in [5.74, 6) is -2.16. The van der Waals surface area contributed by atoms with Crippen molar-refractivity contribution >= 4 is 11.9 Å². The Balaban J connectivity index is 2.39. The van der Waals surface area contributed by atoms with Crippen LogP contribution >= 0.6 is 0 Å². The molecule has 0 radical (unpaired) electrons. The van der Waals surface area contributed by atoms with Gasteiger partial charge in [0.2, 0.25) is 0 Å². The number of amides is 1. The number of ether oxygens (including phenoxy) is 1. The second-order valence-corrected chi connectivity index (χ2v) is 6.47. The SMILES string of the molecule is COC(=O)[C@@H](Cc1ccccc1C)NC(=O)c1cc(C(F)(F)F)cc(C(F)(F)F)c1. The molecule has 0 unspecified atom stereocenters. The molecule has 2 aromatic carbocycles. The van der Waals surface area contributed by atoms with Gasteiger partial charge in [0.1, 0.15) is 6.04 Å². The van der Waals surface area contributed by atoms with Crippen molar-refractivity contribution in [2.75, 3.05) is 7.11 Å². The van der Waals surface area contributed by atoms with Crippen molar-refractivity contribution in [2.24, 2.45) is 0 Å². The van der Waals surface area contributed by atoms with Crippen LogP contribution in [0.3, 0.4) is 0 Å². The van der Waals surface area contributed by atoms with E-state index in [-0.39, 0.29) is 12.5 Å². The van der Waals surface area contributed by atoms with Gasteiger partial charge >= 0.3 is 18.3 Å². The zero-order valence-corrected chi connectivity index (χ0v) is 15.8. The molecule has 0 saturated heterocycles. The fraction of sp³-hybridized carbons (Fsp3) is 0.300. The van der Waals surface area contributed by atoms with Crippen LogP contribution in [-0.4, -0.2) is 25.0 Å². The minimum atomic E-state index is -5.10. The van der Waals surface area contributed by atoms with Crippen LogP contribution in [0.5, 0.6) is 0 Å². The van der Waals surface area contributed by atoms with E-state index in [0.717, 1.165) is 12.7 Å². The minimum absolute atomic E-state index is 0.0593. The second kappa shape index (κ2) is 8.76. The molecule has 0 spiro atoms. The molecule has 0 saturated carbocycles. The highest BCUT2D eigenvalue weighted by molar-refractivity contribution is 5.97. The van der Waals surface area contributed by atoms with E-state index in [9.17, 15) is 35.9 Å². The van der Waals surface area contributed by atoms with Crippen LogP contribution in [0, 0.1) is 6.92 Å². The summed E-state index contributed by atoms with van der Waals surface area (Å²) in [6, 6.07) is 6.04. The van der Waals surface area contributed by atoms with Crippen LogP contribution in [0.15, 0.2) is 42.5 Å². The van der Waals surface area contributed by atoms with Gasteiger partial charge in [-0.15, -0.1) is 0 Å². The summed E-state index contributed by atoms with van der Waals surface area (Å²) < 4.78 is 82.6. The van der Waals surface area contributed by atoms with E-state index in [1.54, 1.807) is 31.2 Å². The number of carbonyl (C=O) groups excluding carboxylic acids is 2. The molecule has 0 fully saturated rings. The number of benzene rings is 2. The molecule has 30 heavy (non-hydrogen) atoms. The maximum Gasteiger partial charge on any atom is 0.416 e. The molecule has 0 aliphatic rings. The topological polar surface area (TPSA) is 55.4 Å². The van der Waals surface area contributed by atoms with Gasteiger partial charge < -0.3 is 10.1 Å². The van der Waals surface area contributed by atoms with E-state index < -0.39 is 47.0 Å². The monoisotopic (exact) mass is 433 g/mol. The molecule has 0 aliphatic heterocycles. The largest absolute Gasteiger partial charge is 0.467 e. The molecule has 2 aromatic rings. The third-order valence-electron chi connectivity index (χ3n) is 4.33. The molecule has 0 bridgehead atoms. The number of rotatable bonds is 5. The molecule has 0 aromatic heterocycles. The fourth-order valence-electron chi connectivity index (χ4n) is 2.72. The summed E-state index contributed by atoms with van der Waals surface area (Å²) in [7, 11) is 1.05. The van der Waals surface area contributed by atoms with Crippen molar-refractivity contribution < 1.29 is 40.7 Å². The quantitative estimate of drug-likeness (QED) is 0.556. The highest BCUT2D eigenvalue weighted by Gasteiger charge is 2.37. The van der Waals surface area contributed by atoms with Crippen LogP contribution in [-0.2, 0) is 28.3 Å². The molecule has 10 heteroatoms. The standard InChI is InChI=1S/C20H17F6NO3/c1-11-5-3-4-6-12(11)9-16(18(29)30-2)27-17(28)13-7-14(19(21,22)23)10-15(8-13)20(24,25)26/h3-8,10,16H,9H2,1-2H3,(H,27,28)/t16-/m1/s1. The van der Waals surface area contributed by atoms with E-state index in [2.05, 4.69) is 10.1 Å². The predicted molar refractivity (Wildman–Crippen MR) is 94.6 cm³/mol. The van der Waals surface area contributed by atoms with Crippen LogP contribution < -0.4 is 5.32 Å². The highest BCUT2D eigenvalue weighted by atomic mass is 19.4. The Hall–Kier alpha value is -3.04. The van der Waals surface area contributed by atoms with Crippen molar-refractivity contribution in [1.29, 1.82) is 0 Å². The van der Waals surface area contributed by atoms with Crippen molar-refractivity contribution in [2.45, 2.75) is 31.7 Å². The number of aryl methyl sites for hydroxylation is 1. The minimum Gasteiger partial charge on any atom is -0.467 e. The van der Waals surface area contributed by atoms with Crippen LogP contribution in [0.4, 0.5) is 26.3 Å². The fourth-order valence-corrected chi connectivity index (χ4v) is 2.72. The summed E-state index contributed by atoms with van der Waals surface area (Å²) in [4.78, 5) is 24.5. The Labute approximate surface area is 167 Å². The Bertz CT molecular complexity index is 905. The van der Waals surface area contributed by atoms with Gasteiger partial charge in [-0.25, -0.2) is 4.79 Å². The molecular weight excluding hydrogens is 416 g/mol. The van der Waals surface area contributed by atoms with Crippen LogP contribution in [0.2, 0.25) is 0 Å². The van der Waals surface area contributed by atoms with Gasteiger partial charge in [-0.1, -0.05) is 24.3 Å². The molecule has 4 nitrogen and oxygen atoms in total. The van der Waals surface area contributed by atoms with Gasteiger partial charge in [-0.2, -0.15) is 26.3 Å². The molecule has 1 amide bonds. The van der Waals surface area contributed by atoms with Gasteiger partial charge in [-0.3, -0.25) is 4.79 Å². The number of esters is 1. The van der Waals surface area contributed by atoms with Crippen molar-refractivity contribution in [3.63, 3.8) is 0 Å². The first-order valence-corrected chi connectivity index (χ1v) is 8.55. The lowest BCUT2D eigenvalue weighted by Crippen LogP contribution is -2.43. The third-order valence-corrected chi connectivity index (χ3v) is 4.33. The van der Waals surface area contributed by atoms with Crippen molar-refractivity contribution in [1.82, 2.24) is 5.32 Å². The van der Waals surface area contributed by atoms with E-state index >= 15 is 0 Å².